The number of ether oxygens (including phenoxy) is 1. The van der Waals surface area contributed by atoms with Gasteiger partial charge in [0.2, 0.25) is 0 Å². The third-order valence-electron chi connectivity index (χ3n) is 6.19. The molecule has 6 nitrogen and oxygen atoms in total. The monoisotopic (exact) mass is 471 g/mol. The molecular formula is C29H33N3O3. The molecule has 0 fully saturated rings. The quantitative estimate of drug-likeness (QED) is 0.331. The molecule has 0 saturated carbocycles. The van der Waals surface area contributed by atoms with Crippen molar-refractivity contribution in [3.8, 4) is 5.75 Å². The van der Waals surface area contributed by atoms with Crippen LogP contribution in [0.4, 0.5) is 5.69 Å². The molecule has 0 unspecified atom stereocenters. The normalized spacial score (nSPS) is 11.5. The lowest BCUT2D eigenvalue weighted by molar-refractivity contribution is 0.0992. The number of nitrogens with one attached hydrogen (secondary N) is 1. The molecule has 0 aliphatic rings. The van der Waals surface area contributed by atoms with Crippen molar-refractivity contribution in [1.29, 1.82) is 0 Å². The van der Waals surface area contributed by atoms with Gasteiger partial charge in [-0.25, -0.2) is 0 Å². The van der Waals surface area contributed by atoms with Gasteiger partial charge in [0.05, 0.1) is 23.6 Å². The maximum atomic E-state index is 12.9. The predicted molar refractivity (Wildman–Crippen MR) is 138 cm³/mol. The number of aromatic nitrogens is 2. The summed E-state index contributed by atoms with van der Waals surface area (Å²) < 4.78 is 13.5. The summed E-state index contributed by atoms with van der Waals surface area (Å²) >= 11 is 0. The highest BCUT2D eigenvalue weighted by molar-refractivity contribution is 6.02. The first-order chi connectivity index (χ1) is 16.6. The number of carbonyl (C=O) groups is 1. The first kappa shape index (κ1) is 24.3. The average molecular weight is 472 g/mol. The van der Waals surface area contributed by atoms with Crippen molar-refractivity contribution in [1.82, 2.24) is 9.78 Å². The number of hydrogen-bond acceptors (Lipinski definition) is 4. The van der Waals surface area contributed by atoms with Gasteiger partial charge >= 0.3 is 0 Å². The van der Waals surface area contributed by atoms with Crippen LogP contribution in [0.3, 0.4) is 0 Å². The zero-order valence-corrected chi connectivity index (χ0v) is 21.3. The van der Waals surface area contributed by atoms with Crippen molar-refractivity contribution >= 4 is 11.6 Å². The first-order valence-electron chi connectivity index (χ1n) is 11.8. The number of furan rings is 1. The van der Waals surface area contributed by atoms with Crippen LogP contribution in [0.2, 0.25) is 0 Å². The van der Waals surface area contributed by atoms with Crippen LogP contribution in [0, 0.1) is 20.8 Å². The average Bonchev–Trinajstić information content (AvgIpc) is 3.39. The third kappa shape index (κ3) is 5.65. The number of carbonyl (C=O) groups excluding carboxylic acids is 1. The lowest BCUT2D eigenvalue weighted by Crippen LogP contribution is -2.12. The van der Waals surface area contributed by atoms with E-state index in [1.807, 2.05) is 42.8 Å². The molecular weight excluding hydrogens is 438 g/mol. The van der Waals surface area contributed by atoms with Gasteiger partial charge in [0, 0.05) is 0 Å². The molecule has 2 aromatic heterocycles. The van der Waals surface area contributed by atoms with Gasteiger partial charge in [-0.3, -0.25) is 9.48 Å². The molecule has 2 aromatic carbocycles. The first-order valence-corrected chi connectivity index (χ1v) is 11.8. The van der Waals surface area contributed by atoms with Gasteiger partial charge in [0.15, 0.2) is 5.76 Å². The summed E-state index contributed by atoms with van der Waals surface area (Å²) in [5.41, 5.74) is 6.11. The van der Waals surface area contributed by atoms with E-state index in [0.717, 1.165) is 17.1 Å². The van der Waals surface area contributed by atoms with Gasteiger partial charge in [-0.15, -0.1) is 0 Å². The molecule has 0 bridgehead atoms. The minimum absolute atomic E-state index is 0.0928. The summed E-state index contributed by atoms with van der Waals surface area (Å²) in [4.78, 5) is 12.9. The Bertz CT molecular complexity index is 1320. The maximum absolute atomic E-state index is 12.9. The minimum Gasteiger partial charge on any atom is -0.486 e. The number of anilines is 1. The zero-order valence-electron chi connectivity index (χ0n) is 21.3. The van der Waals surface area contributed by atoms with Crippen LogP contribution < -0.4 is 10.1 Å². The Balaban J connectivity index is 1.39. The highest BCUT2D eigenvalue weighted by Gasteiger charge is 2.18. The van der Waals surface area contributed by atoms with Gasteiger partial charge < -0.3 is 14.5 Å². The number of benzene rings is 2. The Kier molecular flexibility index (Phi) is 6.83. The van der Waals surface area contributed by atoms with E-state index in [1.54, 1.807) is 12.1 Å². The van der Waals surface area contributed by atoms with Crippen molar-refractivity contribution in [2.24, 2.45) is 0 Å². The van der Waals surface area contributed by atoms with E-state index in [-0.39, 0.29) is 23.7 Å². The summed E-state index contributed by atoms with van der Waals surface area (Å²) in [6.07, 6.45) is 0. The van der Waals surface area contributed by atoms with Crippen molar-refractivity contribution in [2.75, 3.05) is 5.32 Å². The van der Waals surface area contributed by atoms with Crippen molar-refractivity contribution in [3.63, 3.8) is 0 Å². The van der Waals surface area contributed by atoms with Crippen LogP contribution in [-0.4, -0.2) is 15.7 Å². The minimum atomic E-state index is -0.313. The van der Waals surface area contributed by atoms with Crippen molar-refractivity contribution in [3.05, 3.63) is 100 Å². The topological polar surface area (TPSA) is 69.3 Å². The van der Waals surface area contributed by atoms with Crippen molar-refractivity contribution in [2.45, 2.75) is 60.1 Å². The lowest BCUT2D eigenvalue weighted by atomic mass is 9.87. The summed E-state index contributed by atoms with van der Waals surface area (Å²) in [6.45, 7) is 13.4. The van der Waals surface area contributed by atoms with Crippen LogP contribution in [0.25, 0.3) is 0 Å². The number of amides is 1. The van der Waals surface area contributed by atoms with Crippen LogP contribution >= 0.6 is 0 Å². The van der Waals surface area contributed by atoms with Gasteiger partial charge in [-0.05, 0) is 67.1 Å². The largest absolute Gasteiger partial charge is 0.486 e. The maximum Gasteiger partial charge on any atom is 0.291 e. The van der Waals surface area contributed by atoms with E-state index in [9.17, 15) is 4.79 Å². The molecule has 6 heteroatoms. The van der Waals surface area contributed by atoms with E-state index < -0.39 is 0 Å². The number of aryl methyl sites for hydroxylation is 2. The van der Waals surface area contributed by atoms with Gasteiger partial charge in [-0.1, -0.05) is 57.2 Å². The summed E-state index contributed by atoms with van der Waals surface area (Å²) in [7, 11) is 0. The molecule has 2 heterocycles. The van der Waals surface area contributed by atoms with E-state index in [0.29, 0.717) is 18.0 Å². The molecule has 4 aromatic rings. The molecule has 182 valence electrons. The van der Waals surface area contributed by atoms with E-state index in [1.165, 1.54) is 16.7 Å². The predicted octanol–water partition coefficient (Wildman–Crippen LogP) is 6.58. The standard InChI is InChI=1S/C29H33N3O3/c1-19-9-7-8-10-22(19)17-32-21(3)27(20(2)31-32)30-28(33)26-16-15-25(35-26)18-34-24-13-11-23(12-14-24)29(4,5)6/h7-16H,17-18H2,1-6H3,(H,30,33). The summed E-state index contributed by atoms with van der Waals surface area (Å²) in [5, 5.41) is 7.60. The highest BCUT2D eigenvalue weighted by Crippen LogP contribution is 2.25. The van der Waals surface area contributed by atoms with Crippen LogP contribution in [0.15, 0.2) is 65.1 Å². The number of nitrogens with zero attached hydrogens (tertiary/aromatic N) is 2. The van der Waals surface area contributed by atoms with E-state index >= 15 is 0 Å². The molecule has 4 rings (SSSR count). The zero-order chi connectivity index (χ0) is 25.2. The molecule has 0 saturated heterocycles. The van der Waals surface area contributed by atoms with Gasteiger partial charge in [-0.2, -0.15) is 5.10 Å². The molecule has 1 amide bonds. The fourth-order valence-corrected chi connectivity index (χ4v) is 3.94. The molecule has 0 aliphatic carbocycles. The molecule has 1 N–H and O–H groups in total. The van der Waals surface area contributed by atoms with Crippen LogP contribution in [0.1, 0.15) is 65.2 Å². The van der Waals surface area contributed by atoms with Gasteiger partial charge in [0.1, 0.15) is 18.1 Å². The summed E-state index contributed by atoms with van der Waals surface area (Å²) in [5.74, 6) is 1.26. The summed E-state index contributed by atoms with van der Waals surface area (Å²) in [6, 6.07) is 19.7. The number of hydrogen-bond donors (Lipinski definition) is 1. The van der Waals surface area contributed by atoms with E-state index in [2.05, 4.69) is 62.4 Å². The molecule has 0 radical (unpaired) electrons. The van der Waals surface area contributed by atoms with Gasteiger partial charge in [0.25, 0.3) is 5.91 Å². The molecule has 0 atom stereocenters. The Morgan fingerprint density at radius 1 is 1.00 bits per heavy atom. The molecule has 0 spiro atoms. The van der Waals surface area contributed by atoms with Crippen molar-refractivity contribution < 1.29 is 13.9 Å². The number of rotatable bonds is 7. The second-order valence-corrected chi connectivity index (χ2v) is 9.91. The Labute approximate surface area is 206 Å². The second kappa shape index (κ2) is 9.82. The third-order valence-corrected chi connectivity index (χ3v) is 6.19. The fourth-order valence-electron chi connectivity index (χ4n) is 3.94. The van der Waals surface area contributed by atoms with E-state index in [4.69, 9.17) is 9.15 Å². The Morgan fingerprint density at radius 3 is 2.40 bits per heavy atom. The fraction of sp³-hybridized carbons (Fsp3) is 0.310. The Morgan fingerprint density at radius 2 is 1.71 bits per heavy atom. The Hall–Kier alpha value is -3.80. The SMILES string of the molecule is Cc1ccccc1Cn1nc(C)c(NC(=O)c2ccc(COc3ccc(C(C)(C)C)cc3)o2)c1C. The molecule has 35 heavy (non-hydrogen) atoms. The van der Waals surface area contributed by atoms with Crippen LogP contribution in [-0.2, 0) is 18.6 Å². The highest BCUT2D eigenvalue weighted by atomic mass is 16.5. The second-order valence-electron chi connectivity index (χ2n) is 9.91. The lowest BCUT2D eigenvalue weighted by Gasteiger charge is -2.19. The smallest absolute Gasteiger partial charge is 0.291 e. The molecule has 0 aliphatic heterocycles. The van der Waals surface area contributed by atoms with Crippen LogP contribution in [0.5, 0.6) is 5.75 Å².